The lowest BCUT2D eigenvalue weighted by Gasteiger charge is -2.13. The van der Waals surface area contributed by atoms with Gasteiger partial charge in [-0.2, -0.15) is 0 Å². The minimum Gasteiger partial charge on any atom is -0.385 e. The monoisotopic (exact) mass is 259 g/mol. The fourth-order valence-electron chi connectivity index (χ4n) is 1.18. The number of likely N-dealkylation sites (tertiary alicyclic amines) is 1. The van der Waals surface area contributed by atoms with Crippen LogP contribution < -0.4 is 0 Å². The molecule has 106 valence electrons. The fourth-order valence-corrected chi connectivity index (χ4v) is 1.18. The SMILES string of the molecule is CC.CCOC.CN1CCC(OC(F)(F)F)C1. The molecule has 6 heteroatoms. The summed E-state index contributed by atoms with van der Waals surface area (Å²) >= 11 is 0. The lowest BCUT2D eigenvalue weighted by Crippen LogP contribution is -2.26. The second-order valence-corrected chi connectivity index (χ2v) is 3.31. The van der Waals surface area contributed by atoms with Crippen molar-refractivity contribution < 1.29 is 22.6 Å². The van der Waals surface area contributed by atoms with Crippen LogP contribution in [-0.4, -0.2) is 51.2 Å². The van der Waals surface area contributed by atoms with Crippen LogP contribution in [0, 0.1) is 0 Å². The molecule has 0 amide bonds. The molecule has 1 aliphatic rings. The van der Waals surface area contributed by atoms with E-state index >= 15 is 0 Å². The Morgan fingerprint density at radius 2 is 1.76 bits per heavy atom. The Hall–Kier alpha value is -0.330. The lowest BCUT2D eigenvalue weighted by atomic mass is 10.3. The van der Waals surface area contributed by atoms with E-state index in [9.17, 15) is 13.2 Å². The van der Waals surface area contributed by atoms with Crippen molar-refractivity contribution in [3.63, 3.8) is 0 Å². The van der Waals surface area contributed by atoms with Crippen LogP contribution in [0.3, 0.4) is 0 Å². The molecule has 0 N–H and O–H groups in total. The van der Waals surface area contributed by atoms with E-state index < -0.39 is 12.5 Å². The molecule has 0 spiro atoms. The first-order valence-corrected chi connectivity index (χ1v) is 5.81. The lowest BCUT2D eigenvalue weighted by molar-refractivity contribution is -0.340. The van der Waals surface area contributed by atoms with Gasteiger partial charge in [0.05, 0.1) is 6.10 Å². The molecular formula is C11H24F3NO2. The summed E-state index contributed by atoms with van der Waals surface area (Å²) in [6, 6.07) is 0. The van der Waals surface area contributed by atoms with Crippen molar-refractivity contribution in [3.05, 3.63) is 0 Å². The zero-order valence-electron chi connectivity index (χ0n) is 11.3. The van der Waals surface area contributed by atoms with Crippen molar-refractivity contribution >= 4 is 0 Å². The third-order valence-corrected chi connectivity index (χ3v) is 1.94. The molecule has 0 aromatic rings. The van der Waals surface area contributed by atoms with Crippen LogP contribution >= 0.6 is 0 Å². The van der Waals surface area contributed by atoms with Gasteiger partial charge in [-0.25, -0.2) is 0 Å². The topological polar surface area (TPSA) is 21.7 Å². The molecule has 1 aliphatic heterocycles. The Labute approximate surface area is 102 Å². The molecule has 0 saturated carbocycles. The summed E-state index contributed by atoms with van der Waals surface area (Å²) in [6.45, 7) is 7.83. The highest BCUT2D eigenvalue weighted by atomic mass is 19.4. The van der Waals surface area contributed by atoms with Gasteiger partial charge < -0.3 is 9.64 Å². The number of hydrogen-bond acceptors (Lipinski definition) is 3. The molecule has 0 bridgehead atoms. The second-order valence-electron chi connectivity index (χ2n) is 3.31. The Balaban J connectivity index is 0. The highest BCUT2D eigenvalue weighted by Gasteiger charge is 2.35. The zero-order chi connectivity index (χ0) is 13.9. The van der Waals surface area contributed by atoms with Gasteiger partial charge in [0, 0.05) is 26.8 Å². The minimum atomic E-state index is -4.48. The molecule has 1 rings (SSSR count). The first kappa shape index (κ1) is 19.0. The van der Waals surface area contributed by atoms with Gasteiger partial charge in [0.25, 0.3) is 0 Å². The number of hydrogen-bond donors (Lipinski definition) is 0. The number of alkyl halides is 3. The molecule has 0 radical (unpaired) electrons. The molecule has 3 nitrogen and oxygen atoms in total. The summed E-state index contributed by atoms with van der Waals surface area (Å²) in [5, 5.41) is 0. The van der Waals surface area contributed by atoms with E-state index in [1.165, 1.54) is 0 Å². The zero-order valence-corrected chi connectivity index (χ0v) is 11.3. The van der Waals surface area contributed by atoms with Crippen LogP contribution in [0.4, 0.5) is 13.2 Å². The van der Waals surface area contributed by atoms with Gasteiger partial charge in [-0.05, 0) is 20.4 Å². The van der Waals surface area contributed by atoms with E-state index in [4.69, 9.17) is 0 Å². The molecule has 1 saturated heterocycles. The van der Waals surface area contributed by atoms with E-state index in [0.29, 0.717) is 19.5 Å². The number of likely N-dealkylation sites (N-methyl/N-ethyl adjacent to an activating group) is 1. The van der Waals surface area contributed by atoms with Gasteiger partial charge in [0.15, 0.2) is 0 Å². The maximum Gasteiger partial charge on any atom is 0.522 e. The first-order chi connectivity index (χ1) is 7.89. The molecule has 0 aromatic carbocycles. The molecule has 1 atom stereocenters. The highest BCUT2D eigenvalue weighted by Crippen LogP contribution is 2.22. The third kappa shape index (κ3) is 13.6. The van der Waals surface area contributed by atoms with E-state index in [1.54, 1.807) is 14.2 Å². The van der Waals surface area contributed by atoms with Crippen LogP contribution in [0.25, 0.3) is 0 Å². The van der Waals surface area contributed by atoms with Crippen molar-refractivity contribution in [2.75, 3.05) is 33.9 Å². The number of halogens is 3. The molecular weight excluding hydrogens is 235 g/mol. The summed E-state index contributed by atoms with van der Waals surface area (Å²) in [5.74, 6) is 0. The van der Waals surface area contributed by atoms with E-state index in [2.05, 4.69) is 9.47 Å². The first-order valence-electron chi connectivity index (χ1n) is 5.81. The highest BCUT2D eigenvalue weighted by molar-refractivity contribution is 4.73. The molecule has 17 heavy (non-hydrogen) atoms. The van der Waals surface area contributed by atoms with Crippen LogP contribution in [0.5, 0.6) is 0 Å². The van der Waals surface area contributed by atoms with Gasteiger partial charge in [-0.15, -0.1) is 13.2 Å². The van der Waals surface area contributed by atoms with E-state index in [0.717, 1.165) is 6.61 Å². The maximum atomic E-state index is 11.6. The summed E-state index contributed by atoms with van der Waals surface area (Å²) in [4.78, 5) is 1.82. The molecule has 1 unspecified atom stereocenters. The van der Waals surface area contributed by atoms with Gasteiger partial charge in [-0.1, -0.05) is 13.8 Å². The Morgan fingerprint density at radius 3 is 2.00 bits per heavy atom. The molecule has 1 fully saturated rings. The van der Waals surface area contributed by atoms with Crippen molar-refractivity contribution in [3.8, 4) is 0 Å². The molecule has 0 aliphatic carbocycles. The number of rotatable bonds is 2. The van der Waals surface area contributed by atoms with Crippen molar-refractivity contribution in [2.45, 2.75) is 39.7 Å². The van der Waals surface area contributed by atoms with E-state index in [-0.39, 0.29) is 0 Å². The van der Waals surface area contributed by atoms with Crippen LogP contribution in [0.1, 0.15) is 27.2 Å². The molecule has 0 aromatic heterocycles. The maximum absolute atomic E-state index is 11.6. The van der Waals surface area contributed by atoms with Crippen LogP contribution in [0.15, 0.2) is 0 Å². The van der Waals surface area contributed by atoms with Crippen LogP contribution in [-0.2, 0) is 9.47 Å². The van der Waals surface area contributed by atoms with Gasteiger partial charge in [0.1, 0.15) is 0 Å². The Kier molecular flexibility index (Phi) is 12.1. The second kappa shape index (κ2) is 10.8. The minimum absolute atomic E-state index is 0.375. The summed E-state index contributed by atoms with van der Waals surface area (Å²) < 4.78 is 43.2. The number of ether oxygens (including phenoxy) is 2. The van der Waals surface area contributed by atoms with Crippen molar-refractivity contribution in [1.29, 1.82) is 0 Å². The smallest absolute Gasteiger partial charge is 0.385 e. The average molecular weight is 259 g/mol. The van der Waals surface area contributed by atoms with E-state index in [1.807, 2.05) is 25.7 Å². The number of nitrogens with zero attached hydrogens (tertiary/aromatic N) is 1. The fraction of sp³-hybridized carbons (Fsp3) is 1.00. The van der Waals surface area contributed by atoms with Gasteiger partial charge >= 0.3 is 6.36 Å². The largest absolute Gasteiger partial charge is 0.522 e. The summed E-state index contributed by atoms with van der Waals surface area (Å²) in [6.07, 6.45) is -4.67. The summed E-state index contributed by atoms with van der Waals surface area (Å²) in [7, 11) is 3.46. The van der Waals surface area contributed by atoms with Crippen molar-refractivity contribution in [2.24, 2.45) is 0 Å². The Bertz CT molecular complexity index is 163. The predicted molar refractivity (Wildman–Crippen MR) is 61.9 cm³/mol. The average Bonchev–Trinajstić information content (AvgIpc) is 2.64. The molecule has 1 heterocycles. The normalized spacial score (nSPS) is 20.1. The summed E-state index contributed by atoms with van der Waals surface area (Å²) in [5.41, 5.74) is 0. The Morgan fingerprint density at radius 1 is 1.29 bits per heavy atom. The van der Waals surface area contributed by atoms with Gasteiger partial charge in [0.2, 0.25) is 0 Å². The number of methoxy groups -OCH3 is 1. The van der Waals surface area contributed by atoms with Gasteiger partial charge in [-0.3, -0.25) is 4.74 Å². The van der Waals surface area contributed by atoms with Crippen molar-refractivity contribution in [1.82, 2.24) is 4.90 Å². The quantitative estimate of drug-likeness (QED) is 0.761. The predicted octanol–water partition coefficient (Wildman–Crippen LogP) is 2.91. The standard InChI is InChI=1S/C6H10F3NO.C3H8O.C2H6/c1-10-3-2-5(4-10)11-6(7,8)9;1-3-4-2;1-2/h5H,2-4H2,1H3;3H2,1-2H3;1-2H3. The third-order valence-electron chi connectivity index (χ3n) is 1.94. The van der Waals surface area contributed by atoms with Crippen LogP contribution in [0.2, 0.25) is 0 Å².